The van der Waals surface area contributed by atoms with Crippen LogP contribution < -0.4 is 15.6 Å². The quantitative estimate of drug-likeness (QED) is 0.535. The molecule has 2 aromatic rings. The Kier molecular flexibility index (Phi) is 8.15. The van der Waals surface area contributed by atoms with Crippen molar-refractivity contribution < 1.29 is 19.1 Å². The van der Waals surface area contributed by atoms with Crippen LogP contribution in [0.2, 0.25) is 0 Å². The number of amides is 2. The third-order valence-electron chi connectivity index (χ3n) is 3.62. The van der Waals surface area contributed by atoms with Gasteiger partial charge in [-0.2, -0.15) is 0 Å². The van der Waals surface area contributed by atoms with E-state index in [1.807, 2.05) is 37.3 Å². The highest BCUT2D eigenvalue weighted by Gasteiger charge is 2.13. The molecule has 0 saturated heterocycles. The van der Waals surface area contributed by atoms with Crippen molar-refractivity contribution in [2.24, 2.45) is 0 Å². The molecule has 2 rings (SSSR count). The molecule has 26 heavy (non-hydrogen) atoms. The minimum absolute atomic E-state index is 0.184. The molecule has 6 nitrogen and oxygen atoms in total. The van der Waals surface area contributed by atoms with E-state index in [9.17, 15) is 9.59 Å². The largest absolute Gasteiger partial charge is 0.492 e. The zero-order valence-electron chi connectivity index (χ0n) is 14.9. The van der Waals surface area contributed by atoms with Gasteiger partial charge in [-0.05, 0) is 24.6 Å². The van der Waals surface area contributed by atoms with Crippen LogP contribution in [0.5, 0.6) is 5.75 Å². The molecular formula is C20H24N2O4. The van der Waals surface area contributed by atoms with Gasteiger partial charge in [0.2, 0.25) is 5.91 Å². The maximum Gasteiger partial charge on any atom is 0.273 e. The summed E-state index contributed by atoms with van der Waals surface area (Å²) >= 11 is 0. The second-order valence-corrected chi connectivity index (χ2v) is 5.53. The number of para-hydroxylation sites is 1. The van der Waals surface area contributed by atoms with Crippen molar-refractivity contribution in [2.45, 2.75) is 19.8 Å². The Morgan fingerprint density at radius 3 is 2.42 bits per heavy atom. The number of carbonyl (C=O) groups excluding carboxylic acids is 2. The topological polar surface area (TPSA) is 76.7 Å². The number of hydrogen-bond donors (Lipinski definition) is 2. The summed E-state index contributed by atoms with van der Waals surface area (Å²) in [7, 11) is 0. The predicted octanol–water partition coefficient (Wildman–Crippen LogP) is 2.50. The first-order chi connectivity index (χ1) is 12.7. The Bertz CT molecular complexity index is 704. The van der Waals surface area contributed by atoms with Gasteiger partial charge in [-0.3, -0.25) is 20.4 Å². The first kappa shape index (κ1) is 19.5. The maximum atomic E-state index is 12.3. The molecule has 0 atom stereocenters. The summed E-state index contributed by atoms with van der Waals surface area (Å²) in [5, 5.41) is 0. The maximum absolute atomic E-state index is 12.3. The number of hydrogen-bond acceptors (Lipinski definition) is 4. The Morgan fingerprint density at radius 1 is 0.923 bits per heavy atom. The van der Waals surface area contributed by atoms with Gasteiger partial charge in [-0.25, -0.2) is 0 Å². The van der Waals surface area contributed by atoms with Crippen LogP contribution in [-0.4, -0.2) is 31.6 Å². The summed E-state index contributed by atoms with van der Waals surface area (Å²) in [4.78, 5) is 23.9. The summed E-state index contributed by atoms with van der Waals surface area (Å²) in [6.07, 6.45) is 0.925. The normalized spacial score (nSPS) is 10.2. The first-order valence-corrected chi connectivity index (χ1v) is 8.63. The van der Waals surface area contributed by atoms with Gasteiger partial charge >= 0.3 is 0 Å². The summed E-state index contributed by atoms with van der Waals surface area (Å²) < 4.78 is 10.9. The van der Waals surface area contributed by atoms with E-state index in [1.165, 1.54) is 0 Å². The second-order valence-electron chi connectivity index (χ2n) is 5.53. The lowest BCUT2D eigenvalue weighted by Crippen LogP contribution is -2.42. The van der Waals surface area contributed by atoms with Crippen molar-refractivity contribution in [1.82, 2.24) is 10.9 Å². The third-order valence-corrected chi connectivity index (χ3v) is 3.62. The fourth-order valence-corrected chi connectivity index (χ4v) is 2.27. The van der Waals surface area contributed by atoms with Gasteiger partial charge in [0.15, 0.2) is 0 Å². The number of ether oxygens (including phenoxy) is 2. The van der Waals surface area contributed by atoms with Gasteiger partial charge < -0.3 is 9.47 Å². The third kappa shape index (κ3) is 6.57. The van der Waals surface area contributed by atoms with E-state index in [2.05, 4.69) is 10.9 Å². The molecule has 0 unspecified atom stereocenters. The minimum Gasteiger partial charge on any atom is -0.492 e. The molecule has 0 saturated carbocycles. The van der Waals surface area contributed by atoms with Crippen molar-refractivity contribution in [3.8, 4) is 5.75 Å². The van der Waals surface area contributed by atoms with Crippen molar-refractivity contribution in [2.75, 3.05) is 19.8 Å². The van der Waals surface area contributed by atoms with E-state index in [1.54, 1.807) is 24.3 Å². The zero-order chi connectivity index (χ0) is 18.6. The zero-order valence-corrected chi connectivity index (χ0v) is 14.9. The molecular weight excluding hydrogens is 332 g/mol. The number of nitrogens with one attached hydrogen (secondary N) is 2. The van der Waals surface area contributed by atoms with Crippen LogP contribution in [0.15, 0.2) is 54.6 Å². The standard InChI is InChI=1S/C20H24N2O4/c1-2-25-14-13-19(23)21-22-20(24)17-10-6-7-11-18(17)26-15-12-16-8-4-3-5-9-16/h3-11H,2,12-15H2,1H3,(H,21,23)(H,22,24). The van der Waals surface area contributed by atoms with Crippen LogP contribution in [0.4, 0.5) is 0 Å². The Hall–Kier alpha value is -2.86. The number of benzene rings is 2. The molecule has 0 radical (unpaired) electrons. The molecule has 138 valence electrons. The Morgan fingerprint density at radius 2 is 1.65 bits per heavy atom. The fraction of sp³-hybridized carbons (Fsp3) is 0.300. The van der Waals surface area contributed by atoms with Crippen molar-refractivity contribution in [3.05, 3.63) is 65.7 Å². The van der Waals surface area contributed by atoms with E-state index in [-0.39, 0.29) is 12.3 Å². The minimum atomic E-state index is -0.426. The summed E-state index contributed by atoms with van der Waals surface area (Å²) in [6.45, 7) is 3.17. The Balaban J connectivity index is 1.84. The highest BCUT2D eigenvalue weighted by atomic mass is 16.5. The van der Waals surface area contributed by atoms with Crippen LogP contribution in [-0.2, 0) is 16.0 Å². The lowest BCUT2D eigenvalue weighted by Gasteiger charge is -2.12. The molecule has 0 bridgehead atoms. The number of rotatable bonds is 9. The molecule has 0 aliphatic heterocycles. The molecule has 2 aromatic carbocycles. The highest BCUT2D eigenvalue weighted by molar-refractivity contribution is 5.97. The van der Waals surface area contributed by atoms with Crippen LogP contribution in [0.3, 0.4) is 0 Å². The molecule has 6 heteroatoms. The van der Waals surface area contributed by atoms with Crippen LogP contribution in [0, 0.1) is 0 Å². The van der Waals surface area contributed by atoms with E-state index < -0.39 is 5.91 Å². The fourth-order valence-electron chi connectivity index (χ4n) is 2.27. The monoisotopic (exact) mass is 356 g/mol. The summed E-state index contributed by atoms with van der Waals surface area (Å²) in [5.74, 6) is -0.260. The predicted molar refractivity (Wildman–Crippen MR) is 98.8 cm³/mol. The second kappa shape index (κ2) is 10.9. The van der Waals surface area contributed by atoms with Gasteiger partial charge in [-0.1, -0.05) is 42.5 Å². The van der Waals surface area contributed by atoms with Crippen LogP contribution in [0.1, 0.15) is 29.3 Å². The highest BCUT2D eigenvalue weighted by Crippen LogP contribution is 2.18. The molecule has 0 aliphatic carbocycles. The summed E-state index contributed by atoms with van der Waals surface area (Å²) in [6, 6.07) is 16.9. The molecule has 0 aliphatic rings. The van der Waals surface area contributed by atoms with E-state index in [4.69, 9.17) is 9.47 Å². The van der Waals surface area contributed by atoms with E-state index >= 15 is 0 Å². The van der Waals surface area contributed by atoms with Gasteiger partial charge in [0.05, 0.1) is 25.2 Å². The van der Waals surface area contributed by atoms with Gasteiger partial charge in [0.25, 0.3) is 5.91 Å². The van der Waals surface area contributed by atoms with E-state index in [0.717, 1.165) is 12.0 Å². The van der Waals surface area contributed by atoms with Gasteiger partial charge in [-0.15, -0.1) is 0 Å². The van der Waals surface area contributed by atoms with E-state index in [0.29, 0.717) is 31.1 Å². The van der Waals surface area contributed by atoms with Crippen molar-refractivity contribution >= 4 is 11.8 Å². The molecule has 0 fully saturated rings. The molecule has 0 spiro atoms. The van der Waals surface area contributed by atoms with Crippen LogP contribution >= 0.6 is 0 Å². The average molecular weight is 356 g/mol. The molecule has 0 heterocycles. The average Bonchev–Trinajstić information content (AvgIpc) is 2.67. The van der Waals surface area contributed by atoms with Crippen molar-refractivity contribution in [3.63, 3.8) is 0 Å². The lowest BCUT2D eigenvalue weighted by atomic mass is 10.1. The Labute approximate surface area is 153 Å². The molecule has 2 amide bonds. The van der Waals surface area contributed by atoms with Gasteiger partial charge in [0.1, 0.15) is 5.75 Å². The lowest BCUT2D eigenvalue weighted by molar-refractivity contribution is -0.122. The summed E-state index contributed by atoms with van der Waals surface area (Å²) in [5.41, 5.74) is 6.30. The van der Waals surface area contributed by atoms with Gasteiger partial charge in [0, 0.05) is 13.0 Å². The number of carbonyl (C=O) groups is 2. The molecule has 2 N–H and O–H groups in total. The van der Waals surface area contributed by atoms with Crippen molar-refractivity contribution in [1.29, 1.82) is 0 Å². The smallest absolute Gasteiger partial charge is 0.273 e. The van der Waals surface area contributed by atoms with Crippen LogP contribution in [0.25, 0.3) is 0 Å². The number of hydrazine groups is 1. The first-order valence-electron chi connectivity index (χ1n) is 8.63. The molecule has 0 aromatic heterocycles. The SMILES string of the molecule is CCOCCC(=O)NNC(=O)c1ccccc1OCCc1ccccc1.